The molecule has 2 unspecified atom stereocenters. The molecular weight excluding hydrogens is 232 g/mol. The van der Waals surface area contributed by atoms with Gasteiger partial charge in [0.15, 0.2) is 0 Å². The van der Waals surface area contributed by atoms with Gasteiger partial charge in [-0.3, -0.25) is 4.90 Å². The molecule has 2 heteroatoms. The summed E-state index contributed by atoms with van der Waals surface area (Å²) in [7, 11) is 2.20. The van der Waals surface area contributed by atoms with Crippen LogP contribution in [0.1, 0.15) is 56.2 Å². The van der Waals surface area contributed by atoms with Crippen LogP contribution in [0, 0.1) is 17.2 Å². The number of likely N-dealkylation sites (tertiary alicyclic amines) is 1. The lowest BCUT2D eigenvalue weighted by Crippen LogP contribution is -2.35. The lowest BCUT2D eigenvalue weighted by atomic mass is 9.84. The predicted octanol–water partition coefficient (Wildman–Crippen LogP) is 4.11. The smallest absolute Gasteiger partial charge is 0.0625 e. The molecule has 19 heavy (non-hydrogen) atoms. The van der Waals surface area contributed by atoms with Crippen molar-refractivity contribution in [3.8, 4) is 6.07 Å². The highest BCUT2D eigenvalue weighted by Gasteiger charge is 2.28. The van der Waals surface area contributed by atoms with Crippen LogP contribution in [-0.4, -0.2) is 18.5 Å². The van der Waals surface area contributed by atoms with Crippen LogP contribution in [0.15, 0.2) is 24.3 Å². The number of rotatable bonds is 3. The molecule has 1 aliphatic rings. The first-order chi connectivity index (χ1) is 9.13. The first kappa shape index (κ1) is 14.1. The molecule has 2 nitrogen and oxygen atoms in total. The van der Waals surface area contributed by atoms with Gasteiger partial charge in [0.05, 0.1) is 6.07 Å². The third kappa shape index (κ3) is 3.16. The molecule has 102 valence electrons. The molecule has 1 aliphatic heterocycles. The third-order valence-corrected chi connectivity index (χ3v) is 4.28. The predicted molar refractivity (Wildman–Crippen MR) is 78.9 cm³/mol. The Hall–Kier alpha value is -1.33. The van der Waals surface area contributed by atoms with Gasteiger partial charge in [-0.2, -0.15) is 5.26 Å². The van der Waals surface area contributed by atoms with Gasteiger partial charge in [-0.1, -0.05) is 38.1 Å². The number of nitrogens with zero attached hydrogens (tertiary/aromatic N) is 2. The van der Waals surface area contributed by atoms with Crippen molar-refractivity contribution in [2.45, 2.75) is 45.1 Å². The van der Waals surface area contributed by atoms with Crippen molar-refractivity contribution < 1.29 is 0 Å². The van der Waals surface area contributed by atoms with E-state index in [0.29, 0.717) is 24.3 Å². The molecule has 0 aliphatic carbocycles. The van der Waals surface area contributed by atoms with Crippen molar-refractivity contribution in [1.82, 2.24) is 4.90 Å². The number of hydrogen-bond donors (Lipinski definition) is 0. The average molecular weight is 256 g/mol. The molecule has 2 rings (SSSR count). The topological polar surface area (TPSA) is 27.0 Å². The fourth-order valence-electron chi connectivity index (χ4n) is 3.27. The van der Waals surface area contributed by atoms with Gasteiger partial charge < -0.3 is 0 Å². The van der Waals surface area contributed by atoms with Crippen LogP contribution in [0.5, 0.6) is 0 Å². The minimum atomic E-state index is 0.522. The normalized spacial score (nSPS) is 24.4. The van der Waals surface area contributed by atoms with Crippen LogP contribution in [0.4, 0.5) is 0 Å². The van der Waals surface area contributed by atoms with Gasteiger partial charge in [0.2, 0.25) is 0 Å². The molecule has 1 fully saturated rings. The lowest BCUT2D eigenvalue weighted by Gasteiger charge is -2.38. The van der Waals surface area contributed by atoms with E-state index in [-0.39, 0.29) is 0 Å². The molecule has 0 bridgehead atoms. The summed E-state index contributed by atoms with van der Waals surface area (Å²) in [6, 6.07) is 11.7. The second-order valence-corrected chi connectivity index (χ2v) is 6.04. The fraction of sp³-hybridized carbons (Fsp3) is 0.588. The number of hydrogen-bond acceptors (Lipinski definition) is 2. The van der Waals surface area contributed by atoms with Gasteiger partial charge in [0.25, 0.3) is 0 Å². The second-order valence-electron chi connectivity index (χ2n) is 6.04. The second kappa shape index (κ2) is 6.21. The van der Waals surface area contributed by atoms with E-state index in [2.05, 4.69) is 56.1 Å². The highest BCUT2D eigenvalue weighted by molar-refractivity contribution is 5.32. The van der Waals surface area contributed by atoms with Crippen LogP contribution < -0.4 is 0 Å². The third-order valence-electron chi connectivity index (χ3n) is 4.28. The van der Waals surface area contributed by atoms with Crippen molar-refractivity contribution >= 4 is 0 Å². The Kier molecular flexibility index (Phi) is 4.61. The molecule has 0 amide bonds. The molecule has 2 atom stereocenters. The van der Waals surface area contributed by atoms with Gasteiger partial charge in [-0.05, 0) is 42.9 Å². The zero-order chi connectivity index (χ0) is 13.8. The van der Waals surface area contributed by atoms with Gasteiger partial charge in [-0.15, -0.1) is 0 Å². The SMILES string of the molecule is CC(C)c1ccccc1C1CCC(CC#N)CN1C. The summed E-state index contributed by atoms with van der Waals surface area (Å²) in [6.07, 6.45) is 3.05. The van der Waals surface area contributed by atoms with Crippen molar-refractivity contribution in [2.24, 2.45) is 5.92 Å². The number of piperidine rings is 1. The van der Waals surface area contributed by atoms with E-state index in [0.717, 1.165) is 6.54 Å². The van der Waals surface area contributed by atoms with Gasteiger partial charge in [0, 0.05) is 19.0 Å². The Morgan fingerprint density at radius 3 is 2.68 bits per heavy atom. The van der Waals surface area contributed by atoms with Gasteiger partial charge >= 0.3 is 0 Å². The van der Waals surface area contributed by atoms with Crippen LogP contribution in [0.3, 0.4) is 0 Å². The summed E-state index contributed by atoms with van der Waals surface area (Å²) in [6.45, 7) is 5.57. The summed E-state index contributed by atoms with van der Waals surface area (Å²) in [5.41, 5.74) is 2.95. The van der Waals surface area contributed by atoms with Crippen molar-refractivity contribution in [1.29, 1.82) is 5.26 Å². The molecule has 0 aromatic heterocycles. The van der Waals surface area contributed by atoms with E-state index in [1.54, 1.807) is 0 Å². The molecule has 1 aromatic rings. The number of benzene rings is 1. The monoisotopic (exact) mass is 256 g/mol. The van der Waals surface area contributed by atoms with Gasteiger partial charge in [0.1, 0.15) is 0 Å². The maximum Gasteiger partial charge on any atom is 0.0625 e. The molecule has 0 N–H and O–H groups in total. The van der Waals surface area contributed by atoms with E-state index in [1.165, 1.54) is 24.0 Å². The molecular formula is C17H24N2. The summed E-state index contributed by atoms with van der Waals surface area (Å²) < 4.78 is 0. The summed E-state index contributed by atoms with van der Waals surface area (Å²) in [5.74, 6) is 1.12. The van der Waals surface area contributed by atoms with E-state index in [4.69, 9.17) is 5.26 Å². The summed E-state index contributed by atoms with van der Waals surface area (Å²) in [5, 5.41) is 8.84. The molecule has 0 spiro atoms. The molecule has 1 heterocycles. The molecule has 0 saturated carbocycles. The number of nitriles is 1. The first-order valence-corrected chi connectivity index (χ1v) is 7.29. The van der Waals surface area contributed by atoms with E-state index < -0.39 is 0 Å². The minimum absolute atomic E-state index is 0.522. The van der Waals surface area contributed by atoms with Crippen molar-refractivity contribution in [3.63, 3.8) is 0 Å². The van der Waals surface area contributed by atoms with Crippen LogP contribution >= 0.6 is 0 Å². The molecule has 0 radical (unpaired) electrons. The van der Waals surface area contributed by atoms with Crippen molar-refractivity contribution in [3.05, 3.63) is 35.4 Å². The summed E-state index contributed by atoms with van der Waals surface area (Å²) >= 11 is 0. The zero-order valence-electron chi connectivity index (χ0n) is 12.3. The van der Waals surface area contributed by atoms with Crippen LogP contribution in [0.2, 0.25) is 0 Å². The van der Waals surface area contributed by atoms with Crippen LogP contribution in [-0.2, 0) is 0 Å². The van der Waals surface area contributed by atoms with E-state index in [1.807, 2.05) is 0 Å². The lowest BCUT2D eigenvalue weighted by molar-refractivity contribution is 0.139. The summed E-state index contributed by atoms with van der Waals surface area (Å²) in [4.78, 5) is 2.44. The zero-order valence-corrected chi connectivity index (χ0v) is 12.3. The highest BCUT2D eigenvalue weighted by Crippen LogP contribution is 2.36. The fourth-order valence-corrected chi connectivity index (χ4v) is 3.27. The standard InChI is InChI=1S/C17H24N2/c1-13(2)15-6-4-5-7-16(15)17-9-8-14(10-11-18)12-19(17)3/h4-7,13-14,17H,8-10,12H2,1-3H3. The first-order valence-electron chi connectivity index (χ1n) is 7.29. The highest BCUT2D eigenvalue weighted by atomic mass is 15.1. The Morgan fingerprint density at radius 1 is 1.32 bits per heavy atom. The Bertz CT molecular complexity index is 459. The minimum Gasteiger partial charge on any atom is -0.299 e. The molecule has 1 saturated heterocycles. The molecule has 1 aromatic carbocycles. The van der Waals surface area contributed by atoms with Crippen LogP contribution in [0.25, 0.3) is 0 Å². The van der Waals surface area contributed by atoms with Crippen molar-refractivity contribution in [2.75, 3.05) is 13.6 Å². The average Bonchev–Trinajstić information content (AvgIpc) is 2.39. The maximum atomic E-state index is 8.84. The Morgan fingerprint density at radius 2 is 2.05 bits per heavy atom. The Labute approximate surface area is 117 Å². The maximum absolute atomic E-state index is 8.84. The van der Waals surface area contributed by atoms with E-state index >= 15 is 0 Å². The van der Waals surface area contributed by atoms with Gasteiger partial charge in [-0.25, -0.2) is 0 Å². The Balaban J connectivity index is 2.18. The quantitative estimate of drug-likeness (QED) is 0.814. The largest absolute Gasteiger partial charge is 0.299 e. The van der Waals surface area contributed by atoms with E-state index in [9.17, 15) is 0 Å².